The molecule has 0 unspecified atom stereocenters. The van der Waals surface area contributed by atoms with Gasteiger partial charge in [0.2, 0.25) is 21.8 Å². The molecule has 1 aromatic carbocycles. The number of sulfonamides is 1. The summed E-state index contributed by atoms with van der Waals surface area (Å²) in [5, 5.41) is 2.72. The molecule has 0 aromatic heterocycles. The highest BCUT2D eigenvalue weighted by atomic mass is 32.2. The molecule has 0 radical (unpaired) electrons. The van der Waals surface area contributed by atoms with Crippen LogP contribution in [0.1, 0.15) is 26.7 Å². The van der Waals surface area contributed by atoms with Crippen LogP contribution in [0.15, 0.2) is 29.2 Å². The van der Waals surface area contributed by atoms with Crippen molar-refractivity contribution in [3.05, 3.63) is 30.1 Å². The Morgan fingerprint density at radius 1 is 1.30 bits per heavy atom. The first-order chi connectivity index (χ1) is 12.6. The molecule has 150 valence electrons. The van der Waals surface area contributed by atoms with Crippen molar-refractivity contribution in [3.63, 3.8) is 0 Å². The van der Waals surface area contributed by atoms with E-state index >= 15 is 0 Å². The van der Waals surface area contributed by atoms with Crippen LogP contribution in [-0.2, 0) is 19.6 Å². The van der Waals surface area contributed by atoms with Gasteiger partial charge in [0, 0.05) is 26.2 Å². The van der Waals surface area contributed by atoms with Crippen molar-refractivity contribution < 1.29 is 22.4 Å². The summed E-state index contributed by atoms with van der Waals surface area (Å²) < 4.78 is 39.8. The minimum Gasteiger partial charge on any atom is -0.352 e. The van der Waals surface area contributed by atoms with Crippen LogP contribution in [0, 0.1) is 11.7 Å². The Hall–Kier alpha value is -2.00. The zero-order chi connectivity index (χ0) is 20.2. The van der Waals surface area contributed by atoms with Crippen molar-refractivity contribution in [1.29, 1.82) is 0 Å². The van der Waals surface area contributed by atoms with Crippen LogP contribution in [0.3, 0.4) is 0 Å². The van der Waals surface area contributed by atoms with Gasteiger partial charge in [-0.05, 0) is 51.0 Å². The molecule has 1 aliphatic rings. The fourth-order valence-corrected chi connectivity index (χ4v) is 4.61. The zero-order valence-electron chi connectivity index (χ0n) is 15.8. The molecule has 1 heterocycles. The number of carbonyl (C=O) groups is 2. The molecule has 1 fully saturated rings. The van der Waals surface area contributed by atoms with Gasteiger partial charge in [-0.1, -0.05) is 0 Å². The number of amides is 2. The average molecular weight is 399 g/mol. The second kappa shape index (κ2) is 8.79. The van der Waals surface area contributed by atoms with E-state index in [1.54, 1.807) is 0 Å². The van der Waals surface area contributed by atoms with Gasteiger partial charge in [-0.3, -0.25) is 9.59 Å². The van der Waals surface area contributed by atoms with Crippen LogP contribution in [-0.4, -0.2) is 62.2 Å². The van der Waals surface area contributed by atoms with Crippen LogP contribution in [0.5, 0.6) is 0 Å². The first-order valence-corrected chi connectivity index (χ1v) is 10.4. The molecule has 1 atom stereocenters. The summed E-state index contributed by atoms with van der Waals surface area (Å²) >= 11 is 0. The van der Waals surface area contributed by atoms with E-state index in [1.165, 1.54) is 28.4 Å². The lowest BCUT2D eigenvalue weighted by molar-refractivity contribution is -0.139. The molecule has 2 amide bonds. The summed E-state index contributed by atoms with van der Waals surface area (Å²) in [5.74, 6) is -1.53. The number of nitrogens with zero attached hydrogens (tertiary/aromatic N) is 2. The third-order valence-electron chi connectivity index (χ3n) is 4.39. The van der Waals surface area contributed by atoms with E-state index in [2.05, 4.69) is 5.32 Å². The summed E-state index contributed by atoms with van der Waals surface area (Å²) in [6.45, 7) is 3.95. The number of nitrogens with one attached hydrogen (secondary N) is 1. The maximum absolute atomic E-state index is 13.1. The summed E-state index contributed by atoms with van der Waals surface area (Å²) in [7, 11) is -2.26. The van der Waals surface area contributed by atoms with E-state index in [9.17, 15) is 22.4 Å². The molecular weight excluding hydrogens is 373 g/mol. The highest BCUT2D eigenvalue weighted by Gasteiger charge is 2.34. The molecule has 2 rings (SSSR count). The SMILES string of the molecule is CC(C)NC(=O)CN(C)C(=O)[C@H]1CCCN(S(=O)(=O)c2ccc(F)cc2)C1. The van der Waals surface area contributed by atoms with E-state index in [-0.39, 0.29) is 35.8 Å². The van der Waals surface area contributed by atoms with Gasteiger partial charge in [0.05, 0.1) is 17.4 Å². The molecule has 1 aliphatic heterocycles. The van der Waals surface area contributed by atoms with Gasteiger partial charge in [0.1, 0.15) is 5.82 Å². The van der Waals surface area contributed by atoms with Gasteiger partial charge in [0.25, 0.3) is 0 Å². The number of rotatable bonds is 6. The van der Waals surface area contributed by atoms with E-state index in [0.29, 0.717) is 19.4 Å². The fourth-order valence-electron chi connectivity index (χ4n) is 3.09. The number of hydrogen-bond donors (Lipinski definition) is 1. The Labute approximate surface area is 159 Å². The summed E-state index contributed by atoms with van der Waals surface area (Å²) in [6.07, 6.45) is 1.10. The third-order valence-corrected chi connectivity index (χ3v) is 6.27. The van der Waals surface area contributed by atoms with Crippen molar-refractivity contribution >= 4 is 21.8 Å². The minimum atomic E-state index is -3.79. The molecule has 1 aromatic rings. The Morgan fingerprint density at radius 2 is 1.93 bits per heavy atom. The second-order valence-corrected chi connectivity index (χ2v) is 9.01. The van der Waals surface area contributed by atoms with E-state index in [1.807, 2.05) is 13.8 Å². The van der Waals surface area contributed by atoms with Gasteiger partial charge < -0.3 is 10.2 Å². The lowest BCUT2D eigenvalue weighted by Crippen LogP contribution is -2.48. The number of likely N-dealkylation sites (N-methyl/N-ethyl adjacent to an activating group) is 1. The van der Waals surface area contributed by atoms with E-state index in [0.717, 1.165) is 12.1 Å². The highest BCUT2D eigenvalue weighted by Crippen LogP contribution is 2.25. The molecule has 0 saturated carbocycles. The third kappa shape index (κ3) is 5.49. The van der Waals surface area contributed by atoms with Crippen LogP contribution in [0.25, 0.3) is 0 Å². The van der Waals surface area contributed by atoms with Crippen molar-refractivity contribution in [2.24, 2.45) is 5.92 Å². The Kier molecular flexibility index (Phi) is 6.94. The molecular formula is C18H26FN3O4S. The lowest BCUT2D eigenvalue weighted by Gasteiger charge is -2.33. The zero-order valence-corrected chi connectivity index (χ0v) is 16.6. The summed E-state index contributed by atoms with van der Waals surface area (Å²) in [5.41, 5.74) is 0. The largest absolute Gasteiger partial charge is 0.352 e. The van der Waals surface area contributed by atoms with Gasteiger partial charge in [-0.15, -0.1) is 0 Å². The van der Waals surface area contributed by atoms with Crippen LogP contribution < -0.4 is 5.32 Å². The van der Waals surface area contributed by atoms with Gasteiger partial charge >= 0.3 is 0 Å². The minimum absolute atomic E-state index is 0.00154. The molecule has 0 spiro atoms. The van der Waals surface area contributed by atoms with Crippen molar-refractivity contribution in [3.8, 4) is 0 Å². The Balaban J connectivity index is 2.05. The number of piperidine rings is 1. The first-order valence-electron chi connectivity index (χ1n) is 8.91. The van der Waals surface area contributed by atoms with Gasteiger partial charge in [-0.2, -0.15) is 4.31 Å². The van der Waals surface area contributed by atoms with E-state index in [4.69, 9.17) is 0 Å². The molecule has 0 aliphatic carbocycles. The number of hydrogen-bond acceptors (Lipinski definition) is 4. The molecule has 9 heteroatoms. The maximum Gasteiger partial charge on any atom is 0.243 e. The Morgan fingerprint density at radius 3 is 2.52 bits per heavy atom. The quantitative estimate of drug-likeness (QED) is 0.779. The van der Waals surface area contributed by atoms with Crippen molar-refractivity contribution in [2.75, 3.05) is 26.7 Å². The summed E-state index contributed by atoms with van der Waals surface area (Å²) in [4.78, 5) is 25.8. The highest BCUT2D eigenvalue weighted by molar-refractivity contribution is 7.89. The topological polar surface area (TPSA) is 86.8 Å². The molecule has 7 nitrogen and oxygen atoms in total. The maximum atomic E-state index is 13.1. The predicted molar refractivity (Wildman–Crippen MR) is 98.8 cm³/mol. The predicted octanol–water partition coefficient (Wildman–Crippen LogP) is 1.21. The fraction of sp³-hybridized carbons (Fsp3) is 0.556. The van der Waals surface area contributed by atoms with Crippen LogP contribution in [0.4, 0.5) is 4.39 Å². The molecule has 1 saturated heterocycles. The van der Waals surface area contributed by atoms with Crippen LogP contribution in [0.2, 0.25) is 0 Å². The number of halogens is 1. The first kappa shape index (κ1) is 21.3. The molecule has 27 heavy (non-hydrogen) atoms. The van der Waals surface area contributed by atoms with Gasteiger partial charge in [-0.25, -0.2) is 12.8 Å². The lowest BCUT2D eigenvalue weighted by atomic mass is 9.98. The summed E-state index contributed by atoms with van der Waals surface area (Å²) in [6, 6.07) is 4.62. The van der Waals surface area contributed by atoms with Crippen LogP contribution >= 0.6 is 0 Å². The smallest absolute Gasteiger partial charge is 0.243 e. The standard InChI is InChI=1S/C18H26FN3O4S/c1-13(2)20-17(23)12-21(3)18(24)14-5-4-10-22(11-14)27(25,26)16-8-6-15(19)7-9-16/h6-9,13-14H,4-5,10-12H2,1-3H3,(H,20,23)/t14-/m0/s1. The molecule has 1 N–H and O–H groups in total. The Bertz CT molecular complexity index is 780. The normalized spacial score (nSPS) is 18.3. The van der Waals surface area contributed by atoms with Crippen molar-refractivity contribution in [1.82, 2.24) is 14.5 Å². The molecule has 0 bridgehead atoms. The number of carbonyl (C=O) groups excluding carboxylic acids is 2. The van der Waals surface area contributed by atoms with Crippen molar-refractivity contribution in [2.45, 2.75) is 37.6 Å². The number of benzene rings is 1. The average Bonchev–Trinajstić information content (AvgIpc) is 2.60. The van der Waals surface area contributed by atoms with E-state index < -0.39 is 21.8 Å². The second-order valence-electron chi connectivity index (χ2n) is 7.07. The monoisotopic (exact) mass is 399 g/mol. The van der Waals surface area contributed by atoms with Gasteiger partial charge in [0.15, 0.2) is 0 Å².